The van der Waals surface area contributed by atoms with E-state index in [2.05, 4.69) is 5.32 Å². The second-order valence-corrected chi connectivity index (χ2v) is 4.75. The Balaban J connectivity index is 2.36. The van der Waals surface area contributed by atoms with Crippen LogP contribution in [0.2, 0.25) is 0 Å². The third-order valence-electron chi connectivity index (χ3n) is 3.30. The maximum absolute atomic E-state index is 11.6. The first-order chi connectivity index (χ1) is 7.63. The first kappa shape index (κ1) is 13.5. The quantitative estimate of drug-likeness (QED) is 0.626. The fourth-order valence-corrected chi connectivity index (χ4v) is 2.10. The van der Waals surface area contributed by atoms with Crippen molar-refractivity contribution in [2.45, 2.75) is 70.1 Å². The van der Waals surface area contributed by atoms with E-state index in [1.807, 2.05) is 6.92 Å². The molecule has 4 N–H and O–H groups in total. The zero-order valence-corrected chi connectivity index (χ0v) is 10.1. The second-order valence-electron chi connectivity index (χ2n) is 4.75. The molecule has 1 aliphatic rings. The lowest BCUT2D eigenvalue weighted by Crippen LogP contribution is -2.44. The molecule has 0 heterocycles. The van der Waals surface area contributed by atoms with Gasteiger partial charge in [-0.2, -0.15) is 0 Å². The van der Waals surface area contributed by atoms with Crippen molar-refractivity contribution in [3.05, 3.63) is 0 Å². The Morgan fingerprint density at radius 1 is 1.44 bits per heavy atom. The Morgan fingerprint density at radius 2 is 2.12 bits per heavy atom. The summed E-state index contributed by atoms with van der Waals surface area (Å²) < 4.78 is 0. The Morgan fingerprint density at radius 3 is 2.81 bits per heavy atom. The zero-order valence-electron chi connectivity index (χ0n) is 10.1. The van der Waals surface area contributed by atoms with Crippen LogP contribution in [-0.4, -0.2) is 29.2 Å². The molecule has 94 valence electrons. The Bertz CT molecular complexity index is 221. The van der Waals surface area contributed by atoms with Crippen molar-refractivity contribution in [1.82, 2.24) is 5.32 Å². The van der Waals surface area contributed by atoms with Gasteiger partial charge in [0.2, 0.25) is 5.91 Å². The molecule has 0 radical (unpaired) electrons. The van der Waals surface area contributed by atoms with Gasteiger partial charge in [-0.1, -0.05) is 26.2 Å². The van der Waals surface area contributed by atoms with Crippen LogP contribution >= 0.6 is 0 Å². The van der Waals surface area contributed by atoms with Crippen molar-refractivity contribution < 1.29 is 9.90 Å². The molecule has 1 fully saturated rings. The van der Waals surface area contributed by atoms with Crippen molar-refractivity contribution in [3.63, 3.8) is 0 Å². The molecule has 0 aliphatic heterocycles. The number of hydrogen-bond donors (Lipinski definition) is 3. The van der Waals surface area contributed by atoms with Crippen LogP contribution in [-0.2, 0) is 4.79 Å². The number of nitrogens with one attached hydrogen (secondary N) is 1. The number of carbonyl (C=O) groups is 1. The molecule has 0 bridgehead atoms. The van der Waals surface area contributed by atoms with Crippen LogP contribution in [0.5, 0.6) is 0 Å². The van der Waals surface area contributed by atoms with E-state index < -0.39 is 0 Å². The highest BCUT2D eigenvalue weighted by Crippen LogP contribution is 2.18. The number of carbonyl (C=O) groups excluding carboxylic acids is 1. The van der Waals surface area contributed by atoms with Crippen LogP contribution in [0, 0.1) is 0 Å². The van der Waals surface area contributed by atoms with Gasteiger partial charge in [-0.15, -0.1) is 0 Å². The number of aliphatic hydroxyl groups excluding tert-OH is 1. The highest BCUT2D eigenvalue weighted by Gasteiger charge is 2.23. The number of amides is 1. The number of hydrogen-bond acceptors (Lipinski definition) is 3. The monoisotopic (exact) mass is 228 g/mol. The number of rotatable bonds is 4. The summed E-state index contributed by atoms with van der Waals surface area (Å²) in [4.78, 5) is 11.6. The van der Waals surface area contributed by atoms with Gasteiger partial charge in [-0.3, -0.25) is 4.79 Å². The topological polar surface area (TPSA) is 75.4 Å². The van der Waals surface area contributed by atoms with Crippen LogP contribution in [0.1, 0.15) is 51.9 Å². The largest absolute Gasteiger partial charge is 0.391 e. The summed E-state index contributed by atoms with van der Waals surface area (Å²) in [6.45, 7) is 1.97. The van der Waals surface area contributed by atoms with Crippen molar-refractivity contribution >= 4 is 5.91 Å². The molecule has 16 heavy (non-hydrogen) atoms. The van der Waals surface area contributed by atoms with Gasteiger partial charge >= 0.3 is 0 Å². The molecule has 1 amide bonds. The van der Waals surface area contributed by atoms with Crippen LogP contribution in [0.3, 0.4) is 0 Å². The van der Waals surface area contributed by atoms with Gasteiger partial charge in [0.25, 0.3) is 0 Å². The van der Waals surface area contributed by atoms with Gasteiger partial charge in [0, 0.05) is 12.5 Å². The zero-order chi connectivity index (χ0) is 12.0. The van der Waals surface area contributed by atoms with Crippen molar-refractivity contribution in [1.29, 1.82) is 0 Å². The second kappa shape index (κ2) is 6.86. The molecule has 4 heteroatoms. The fraction of sp³-hybridized carbons (Fsp3) is 0.917. The summed E-state index contributed by atoms with van der Waals surface area (Å²) in [5, 5.41) is 12.7. The molecule has 1 rings (SSSR count). The fourth-order valence-electron chi connectivity index (χ4n) is 2.10. The van der Waals surface area contributed by atoms with Gasteiger partial charge in [0.1, 0.15) is 0 Å². The molecule has 0 spiro atoms. The van der Waals surface area contributed by atoms with E-state index in [0.717, 1.165) is 38.5 Å². The van der Waals surface area contributed by atoms with E-state index in [9.17, 15) is 9.90 Å². The predicted octanol–water partition coefficient (Wildman–Crippen LogP) is 0.924. The highest BCUT2D eigenvalue weighted by atomic mass is 16.3. The summed E-state index contributed by atoms with van der Waals surface area (Å²) in [7, 11) is 0. The van der Waals surface area contributed by atoms with Crippen LogP contribution in [0.25, 0.3) is 0 Å². The van der Waals surface area contributed by atoms with Gasteiger partial charge in [-0.05, 0) is 19.3 Å². The van der Waals surface area contributed by atoms with E-state index >= 15 is 0 Å². The third kappa shape index (κ3) is 4.49. The Hall–Kier alpha value is -0.610. The van der Waals surface area contributed by atoms with E-state index in [-0.39, 0.29) is 24.1 Å². The van der Waals surface area contributed by atoms with Crippen LogP contribution < -0.4 is 11.1 Å². The van der Waals surface area contributed by atoms with Crippen molar-refractivity contribution in [3.8, 4) is 0 Å². The highest BCUT2D eigenvalue weighted by molar-refractivity contribution is 5.76. The molecule has 0 aromatic carbocycles. The molecule has 3 atom stereocenters. The van der Waals surface area contributed by atoms with E-state index in [4.69, 9.17) is 5.73 Å². The molecule has 1 saturated carbocycles. The number of nitrogens with two attached hydrogens (primary N) is 1. The molecule has 1 aliphatic carbocycles. The first-order valence-electron chi connectivity index (χ1n) is 6.36. The van der Waals surface area contributed by atoms with E-state index in [0.29, 0.717) is 6.42 Å². The smallest absolute Gasteiger partial charge is 0.221 e. The van der Waals surface area contributed by atoms with Gasteiger partial charge in [0.15, 0.2) is 0 Å². The minimum atomic E-state index is -0.385. The molecule has 0 aromatic rings. The normalized spacial score (nSPS) is 28.2. The van der Waals surface area contributed by atoms with Crippen molar-refractivity contribution in [2.75, 3.05) is 0 Å². The maximum atomic E-state index is 11.6. The average Bonchev–Trinajstić information content (AvgIpc) is 2.44. The lowest BCUT2D eigenvalue weighted by molar-refractivity contribution is -0.123. The lowest BCUT2D eigenvalue weighted by atomic mass is 10.1. The van der Waals surface area contributed by atoms with Gasteiger partial charge < -0.3 is 16.2 Å². The van der Waals surface area contributed by atoms with Crippen molar-refractivity contribution in [2.24, 2.45) is 5.73 Å². The third-order valence-corrected chi connectivity index (χ3v) is 3.30. The minimum absolute atomic E-state index is 0.0275. The number of aliphatic hydroxyl groups is 1. The van der Waals surface area contributed by atoms with Gasteiger partial charge in [-0.25, -0.2) is 0 Å². The summed E-state index contributed by atoms with van der Waals surface area (Å²) in [5.74, 6) is -0.0275. The van der Waals surface area contributed by atoms with Crippen LogP contribution in [0.15, 0.2) is 0 Å². The summed E-state index contributed by atoms with van der Waals surface area (Å²) in [6, 6.07) is -0.137. The van der Waals surface area contributed by atoms with E-state index in [1.54, 1.807) is 0 Å². The summed E-state index contributed by atoms with van der Waals surface area (Å²) in [5.41, 5.74) is 5.72. The summed E-state index contributed by atoms with van der Waals surface area (Å²) in [6.07, 6.45) is 5.76. The molecular formula is C12H24N2O2. The predicted molar refractivity (Wildman–Crippen MR) is 63.9 cm³/mol. The Kier molecular flexibility index (Phi) is 5.77. The summed E-state index contributed by atoms with van der Waals surface area (Å²) >= 11 is 0. The average molecular weight is 228 g/mol. The maximum Gasteiger partial charge on any atom is 0.221 e. The molecular weight excluding hydrogens is 204 g/mol. The molecule has 4 nitrogen and oxygen atoms in total. The minimum Gasteiger partial charge on any atom is -0.391 e. The standard InChI is InChI=1S/C12H24N2O2/c1-2-9(13)8-12(16)14-10-6-4-3-5-7-11(10)15/h9-11,15H,2-8,13H2,1H3,(H,14,16). The lowest BCUT2D eigenvalue weighted by Gasteiger charge is -2.22. The SMILES string of the molecule is CCC(N)CC(=O)NC1CCCCCC1O. The molecule has 0 saturated heterocycles. The van der Waals surface area contributed by atoms with Crippen LogP contribution in [0.4, 0.5) is 0 Å². The van der Waals surface area contributed by atoms with Gasteiger partial charge in [0.05, 0.1) is 12.1 Å². The molecule has 3 unspecified atom stereocenters. The van der Waals surface area contributed by atoms with E-state index in [1.165, 1.54) is 0 Å². The first-order valence-corrected chi connectivity index (χ1v) is 6.36. The molecule has 0 aromatic heterocycles. The Labute approximate surface area is 97.6 Å².